The van der Waals surface area contributed by atoms with E-state index in [0.717, 1.165) is 33.8 Å². The molecule has 1 fully saturated rings. The molecular formula is C27H27N3O2S2. The fraction of sp³-hybridized carbons (Fsp3) is 0.222. The zero-order valence-electron chi connectivity index (χ0n) is 19.5. The number of carbonyl (C=O) groups is 1. The molecule has 4 rings (SSSR count). The Morgan fingerprint density at radius 2 is 1.97 bits per heavy atom. The summed E-state index contributed by atoms with van der Waals surface area (Å²) < 4.78 is 8.28. The summed E-state index contributed by atoms with van der Waals surface area (Å²) in [4.78, 5) is 15.1. The fourth-order valence-corrected chi connectivity index (χ4v) is 4.86. The fourth-order valence-electron chi connectivity index (χ4n) is 3.60. The Hall–Kier alpha value is -3.16. The van der Waals surface area contributed by atoms with Crippen molar-refractivity contribution in [2.24, 2.45) is 5.92 Å². The van der Waals surface area contributed by atoms with Crippen molar-refractivity contribution >= 4 is 40.3 Å². The van der Waals surface area contributed by atoms with Crippen molar-refractivity contribution in [2.75, 3.05) is 13.2 Å². The first-order valence-corrected chi connectivity index (χ1v) is 12.3. The minimum Gasteiger partial charge on any atom is -0.493 e. The average molecular weight is 490 g/mol. The topological polar surface area (TPSA) is 47.4 Å². The first kappa shape index (κ1) is 24.0. The van der Waals surface area contributed by atoms with Gasteiger partial charge in [0.15, 0.2) is 0 Å². The molecule has 0 saturated carbocycles. The zero-order valence-corrected chi connectivity index (χ0v) is 21.2. The first-order valence-electron chi connectivity index (χ1n) is 11.1. The number of ether oxygens (including phenoxy) is 1. The van der Waals surface area contributed by atoms with Crippen LogP contribution < -0.4 is 4.74 Å². The molecule has 1 amide bonds. The number of nitrogens with zero attached hydrogens (tertiary/aromatic N) is 3. The number of carbonyl (C=O) groups excluding carboxylic acids is 1. The Kier molecular flexibility index (Phi) is 7.34. The summed E-state index contributed by atoms with van der Waals surface area (Å²) >= 11 is 6.71. The van der Waals surface area contributed by atoms with Gasteiger partial charge in [-0.15, -0.1) is 6.58 Å². The third-order valence-corrected chi connectivity index (χ3v) is 6.65. The molecule has 1 aliphatic rings. The molecule has 0 radical (unpaired) electrons. The van der Waals surface area contributed by atoms with Gasteiger partial charge in [0.25, 0.3) is 5.91 Å². The van der Waals surface area contributed by atoms with Gasteiger partial charge >= 0.3 is 0 Å². The minimum absolute atomic E-state index is 0.109. The van der Waals surface area contributed by atoms with Gasteiger partial charge in [0.05, 0.1) is 17.2 Å². The van der Waals surface area contributed by atoms with Gasteiger partial charge in [-0.25, -0.2) is 4.68 Å². The highest BCUT2D eigenvalue weighted by Gasteiger charge is 2.31. The number of thioether (sulfide) groups is 1. The van der Waals surface area contributed by atoms with Crippen molar-refractivity contribution in [1.29, 1.82) is 0 Å². The molecule has 0 spiro atoms. The van der Waals surface area contributed by atoms with Crippen LogP contribution in [0.4, 0.5) is 0 Å². The van der Waals surface area contributed by atoms with E-state index in [0.29, 0.717) is 28.3 Å². The number of benzene rings is 2. The van der Waals surface area contributed by atoms with Crippen molar-refractivity contribution in [3.63, 3.8) is 0 Å². The molecule has 7 heteroatoms. The quantitative estimate of drug-likeness (QED) is 0.212. The second-order valence-electron chi connectivity index (χ2n) is 8.48. The SMILES string of the molecule is C=CCN1C(=O)C(=Cc2cn(-c3ccccc3)nc2-c2ccc(OCC(C)C)cc2C)SC1=S. The van der Waals surface area contributed by atoms with Gasteiger partial charge in [-0.1, -0.05) is 62.1 Å². The summed E-state index contributed by atoms with van der Waals surface area (Å²) in [6, 6.07) is 16.0. The number of aromatic nitrogens is 2. The maximum Gasteiger partial charge on any atom is 0.266 e. The molecule has 0 unspecified atom stereocenters. The molecule has 2 aromatic carbocycles. The Bertz CT molecular complexity index is 1260. The van der Waals surface area contributed by atoms with Crippen LogP contribution in [-0.2, 0) is 4.79 Å². The van der Waals surface area contributed by atoms with Crippen LogP contribution in [-0.4, -0.2) is 38.1 Å². The molecule has 174 valence electrons. The third kappa shape index (κ3) is 5.16. The number of hydrogen-bond acceptors (Lipinski definition) is 5. The molecule has 5 nitrogen and oxygen atoms in total. The highest BCUT2D eigenvalue weighted by atomic mass is 32.2. The highest BCUT2D eigenvalue weighted by Crippen LogP contribution is 2.36. The van der Waals surface area contributed by atoms with Gasteiger partial charge in [0.1, 0.15) is 15.8 Å². The summed E-state index contributed by atoms with van der Waals surface area (Å²) in [6.45, 7) is 11.1. The summed E-state index contributed by atoms with van der Waals surface area (Å²) in [6.07, 6.45) is 5.51. The van der Waals surface area contributed by atoms with Gasteiger partial charge in [-0.3, -0.25) is 9.69 Å². The smallest absolute Gasteiger partial charge is 0.266 e. The van der Waals surface area contributed by atoms with Gasteiger partial charge in [0, 0.05) is 23.9 Å². The maximum absolute atomic E-state index is 12.9. The van der Waals surface area contributed by atoms with E-state index >= 15 is 0 Å². The van der Waals surface area contributed by atoms with Crippen LogP contribution in [0.25, 0.3) is 23.0 Å². The lowest BCUT2D eigenvalue weighted by Crippen LogP contribution is -2.27. The van der Waals surface area contributed by atoms with Crippen LogP contribution in [0.15, 0.2) is 72.3 Å². The molecule has 2 heterocycles. The summed E-state index contributed by atoms with van der Waals surface area (Å²) in [5, 5.41) is 4.90. The maximum atomic E-state index is 12.9. The Balaban J connectivity index is 1.77. The lowest BCUT2D eigenvalue weighted by Gasteiger charge is -2.11. The van der Waals surface area contributed by atoms with E-state index < -0.39 is 0 Å². The van der Waals surface area contributed by atoms with E-state index in [1.165, 1.54) is 11.8 Å². The average Bonchev–Trinajstić information content (AvgIpc) is 3.35. The van der Waals surface area contributed by atoms with E-state index in [1.807, 2.05) is 72.4 Å². The second kappa shape index (κ2) is 10.4. The summed E-state index contributed by atoms with van der Waals surface area (Å²) in [5.74, 6) is 1.18. The molecule has 0 atom stereocenters. The third-order valence-electron chi connectivity index (χ3n) is 5.27. The Morgan fingerprint density at radius 3 is 2.65 bits per heavy atom. The Labute approximate surface area is 210 Å². The van der Waals surface area contributed by atoms with Crippen molar-refractivity contribution in [3.05, 3.63) is 83.4 Å². The molecule has 0 N–H and O–H groups in total. The summed E-state index contributed by atoms with van der Waals surface area (Å²) in [7, 11) is 0. The van der Waals surface area contributed by atoms with Gasteiger partial charge in [-0.05, 0) is 54.8 Å². The minimum atomic E-state index is -0.109. The van der Waals surface area contributed by atoms with Crippen molar-refractivity contribution in [3.8, 4) is 22.7 Å². The molecule has 1 aromatic heterocycles. The van der Waals surface area contributed by atoms with Crippen molar-refractivity contribution < 1.29 is 9.53 Å². The molecule has 3 aromatic rings. The van der Waals surface area contributed by atoms with Gasteiger partial charge < -0.3 is 4.74 Å². The largest absolute Gasteiger partial charge is 0.493 e. The predicted octanol–water partition coefficient (Wildman–Crippen LogP) is 6.27. The molecule has 1 aliphatic heterocycles. The number of thiocarbonyl (C=S) groups is 1. The lowest BCUT2D eigenvalue weighted by atomic mass is 10.0. The molecule has 0 aliphatic carbocycles. The van der Waals surface area contributed by atoms with Crippen molar-refractivity contribution in [1.82, 2.24) is 14.7 Å². The number of rotatable bonds is 8. The highest BCUT2D eigenvalue weighted by molar-refractivity contribution is 8.26. The number of amides is 1. The Morgan fingerprint density at radius 1 is 1.21 bits per heavy atom. The lowest BCUT2D eigenvalue weighted by molar-refractivity contribution is -0.121. The van der Waals surface area contributed by atoms with Crippen LogP contribution in [0.3, 0.4) is 0 Å². The van der Waals surface area contributed by atoms with E-state index in [1.54, 1.807) is 11.0 Å². The van der Waals surface area contributed by atoms with Crippen LogP contribution in [0.5, 0.6) is 5.75 Å². The van der Waals surface area contributed by atoms with Crippen LogP contribution in [0.2, 0.25) is 0 Å². The van der Waals surface area contributed by atoms with Crippen molar-refractivity contribution in [2.45, 2.75) is 20.8 Å². The molecule has 1 saturated heterocycles. The van der Waals surface area contributed by atoms with Gasteiger partial charge in [0.2, 0.25) is 0 Å². The first-order chi connectivity index (χ1) is 16.4. The van der Waals surface area contributed by atoms with E-state index in [2.05, 4.69) is 20.4 Å². The normalized spacial score (nSPS) is 14.9. The van der Waals surface area contributed by atoms with E-state index in [-0.39, 0.29) is 5.91 Å². The number of para-hydroxylation sites is 1. The number of hydrogen-bond donors (Lipinski definition) is 0. The predicted molar refractivity (Wildman–Crippen MR) is 144 cm³/mol. The second-order valence-corrected chi connectivity index (χ2v) is 10.2. The van der Waals surface area contributed by atoms with Gasteiger partial charge in [-0.2, -0.15) is 5.10 Å². The molecular weight excluding hydrogens is 462 g/mol. The molecule has 0 bridgehead atoms. The number of aryl methyl sites for hydroxylation is 1. The van der Waals surface area contributed by atoms with Crippen LogP contribution in [0.1, 0.15) is 25.0 Å². The van der Waals surface area contributed by atoms with E-state index in [4.69, 9.17) is 22.1 Å². The zero-order chi connectivity index (χ0) is 24.2. The van der Waals surface area contributed by atoms with E-state index in [9.17, 15) is 4.79 Å². The monoisotopic (exact) mass is 489 g/mol. The van der Waals surface area contributed by atoms with Crippen LogP contribution in [0, 0.1) is 12.8 Å². The standard InChI is InChI=1S/C27H27N3O2S2/c1-5-13-29-26(31)24(34-27(29)33)15-20-16-30(21-9-7-6-8-10-21)28-25(20)23-12-11-22(14-19(23)4)32-17-18(2)3/h5-12,14-16,18H,1,13,17H2,2-4H3. The van der Waals surface area contributed by atoms with Crippen LogP contribution >= 0.6 is 24.0 Å². The molecule has 34 heavy (non-hydrogen) atoms. The summed E-state index contributed by atoms with van der Waals surface area (Å²) in [5.41, 5.74) is 4.62.